The first-order chi connectivity index (χ1) is 10.0. The normalized spacial score (nSPS) is 30.2. The topological polar surface area (TPSA) is 32.5 Å². The van der Waals surface area contributed by atoms with Gasteiger partial charge in [-0.05, 0) is 45.7 Å². The van der Waals surface area contributed by atoms with Gasteiger partial charge in [0.25, 0.3) is 0 Å². The van der Waals surface area contributed by atoms with Gasteiger partial charge in [0, 0.05) is 37.3 Å². The molecule has 0 radical (unpaired) electrons. The molecule has 1 aliphatic carbocycles. The van der Waals surface area contributed by atoms with Crippen LogP contribution in [0.4, 0.5) is 0 Å². The lowest BCUT2D eigenvalue weighted by Gasteiger charge is -2.38. The number of benzene rings is 1. The second-order valence-electron chi connectivity index (χ2n) is 7.23. The van der Waals surface area contributed by atoms with Crippen LogP contribution in [-0.2, 0) is 6.54 Å². The smallest absolute Gasteiger partial charge is 0.0473 e. The van der Waals surface area contributed by atoms with E-state index in [2.05, 4.69) is 55.0 Å². The quantitative estimate of drug-likeness (QED) is 0.902. The second-order valence-corrected chi connectivity index (χ2v) is 7.23. The van der Waals surface area contributed by atoms with Crippen LogP contribution in [0.2, 0.25) is 0 Å². The highest BCUT2D eigenvalue weighted by Gasteiger charge is 2.48. The third-order valence-electron chi connectivity index (χ3n) is 5.43. The van der Waals surface area contributed by atoms with Crippen LogP contribution in [0.3, 0.4) is 0 Å². The van der Waals surface area contributed by atoms with Crippen molar-refractivity contribution in [3.8, 4) is 0 Å². The summed E-state index contributed by atoms with van der Waals surface area (Å²) in [5.74, 6) is 0. The summed E-state index contributed by atoms with van der Waals surface area (Å²) in [6.07, 6.45) is 3.96. The van der Waals surface area contributed by atoms with Crippen LogP contribution in [0.1, 0.15) is 37.3 Å². The molecule has 0 spiro atoms. The highest BCUT2D eigenvalue weighted by molar-refractivity contribution is 5.22. The zero-order chi connectivity index (χ0) is 15.0. The molecule has 1 saturated carbocycles. The number of likely N-dealkylation sites (tertiary alicyclic amines) is 1. The minimum absolute atomic E-state index is 0.145. The number of rotatable bonds is 5. The van der Waals surface area contributed by atoms with E-state index in [-0.39, 0.29) is 5.54 Å². The average molecular weight is 287 g/mol. The molecule has 21 heavy (non-hydrogen) atoms. The first-order valence-electron chi connectivity index (χ1n) is 8.27. The summed E-state index contributed by atoms with van der Waals surface area (Å²) < 4.78 is 0. The van der Waals surface area contributed by atoms with Gasteiger partial charge in [-0.15, -0.1) is 0 Å². The molecule has 1 aromatic carbocycles. The van der Waals surface area contributed by atoms with Gasteiger partial charge in [-0.1, -0.05) is 29.8 Å². The van der Waals surface area contributed by atoms with Crippen molar-refractivity contribution in [1.82, 2.24) is 9.80 Å². The number of nitrogens with zero attached hydrogens (tertiary/aromatic N) is 2. The van der Waals surface area contributed by atoms with E-state index in [1.165, 1.54) is 30.4 Å². The summed E-state index contributed by atoms with van der Waals surface area (Å²) in [4.78, 5) is 5.19. The predicted molar refractivity (Wildman–Crippen MR) is 88.2 cm³/mol. The monoisotopic (exact) mass is 287 g/mol. The van der Waals surface area contributed by atoms with E-state index < -0.39 is 0 Å². The van der Waals surface area contributed by atoms with Crippen molar-refractivity contribution in [2.75, 3.05) is 20.1 Å². The van der Waals surface area contributed by atoms with Crippen molar-refractivity contribution in [2.24, 2.45) is 5.73 Å². The number of likely N-dealkylation sites (N-methyl/N-ethyl adjacent to an activating group) is 1. The van der Waals surface area contributed by atoms with E-state index >= 15 is 0 Å². The SMILES string of the molecule is Cc1cccc(CN(C)C2(CN)CC(C)N(C3CC3)C2)c1. The summed E-state index contributed by atoms with van der Waals surface area (Å²) in [5.41, 5.74) is 9.10. The Hall–Kier alpha value is -0.900. The molecule has 1 saturated heterocycles. The van der Waals surface area contributed by atoms with Crippen molar-refractivity contribution >= 4 is 0 Å². The Kier molecular flexibility index (Phi) is 4.08. The highest BCUT2D eigenvalue weighted by Crippen LogP contribution is 2.39. The second kappa shape index (κ2) is 5.71. The summed E-state index contributed by atoms with van der Waals surface area (Å²) in [6, 6.07) is 10.3. The van der Waals surface area contributed by atoms with E-state index in [0.29, 0.717) is 6.04 Å². The molecule has 3 nitrogen and oxygen atoms in total. The van der Waals surface area contributed by atoms with Gasteiger partial charge in [-0.2, -0.15) is 0 Å². The van der Waals surface area contributed by atoms with Crippen LogP contribution >= 0.6 is 0 Å². The largest absolute Gasteiger partial charge is 0.329 e. The Bertz CT molecular complexity index is 497. The fourth-order valence-corrected chi connectivity index (χ4v) is 3.95. The maximum Gasteiger partial charge on any atom is 0.0473 e. The molecule has 0 bridgehead atoms. The third-order valence-corrected chi connectivity index (χ3v) is 5.43. The molecule has 116 valence electrons. The maximum absolute atomic E-state index is 6.23. The van der Waals surface area contributed by atoms with Crippen LogP contribution in [0.5, 0.6) is 0 Å². The van der Waals surface area contributed by atoms with E-state index in [4.69, 9.17) is 5.73 Å². The van der Waals surface area contributed by atoms with Crippen LogP contribution in [0, 0.1) is 6.92 Å². The summed E-state index contributed by atoms with van der Waals surface area (Å²) >= 11 is 0. The lowest BCUT2D eigenvalue weighted by atomic mass is 9.93. The van der Waals surface area contributed by atoms with Gasteiger partial charge in [0.05, 0.1) is 0 Å². The standard InChI is InChI=1S/C18H29N3/c1-14-5-4-6-16(9-14)11-20(3)18(12-19)10-15(2)21(13-18)17-7-8-17/h4-6,9,15,17H,7-8,10-13,19H2,1-3H3. The number of aryl methyl sites for hydroxylation is 1. The molecule has 2 fully saturated rings. The Morgan fingerprint density at radius 2 is 2.14 bits per heavy atom. The fraction of sp³-hybridized carbons (Fsp3) is 0.667. The van der Waals surface area contributed by atoms with Gasteiger partial charge in [0.1, 0.15) is 0 Å². The van der Waals surface area contributed by atoms with E-state index in [1.54, 1.807) is 0 Å². The molecule has 0 aromatic heterocycles. The van der Waals surface area contributed by atoms with Crippen molar-refractivity contribution in [3.63, 3.8) is 0 Å². The summed E-state index contributed by atoms with van der Waals surface area (Å²) in [6.45, 7) is 7.41. The molecule has 2 unspecified atom stereocenters. The molecule has 0 amide bonds. The molecule has 3 rings (SSSR count). The fourth-order valence-electron chi connectivity index (χ4n) is 3.95. The van der Waals surface area contributed by atoms with Gasteiger partial charge < -0.3 is 5.73 Å². The molecule has 3 heteroatoms. The summed E-state index contributed by atoms with van der Waals surface area (Å²) in [5, 5.41) is 0. The van der Waals surface area contributed by atoms with Crippen molar-refractivity contribution in [2.45, 2.75) is 57.3 Å². The average Bonchev–Trinajstić information content (AvgIpc) is 3.22. The zero-order valence-corrected chi connectivity index (χ0v) is 13.7. The molecular formula is C18H29N3. The van der Waals surface area contributed by atoms with Crippen LogP contribution in [0.15, 0.2) is 24.3 Å². The maximum atomic E-state index is 6.23. The molecule has 1 aliphatic heterocycles. The third kappa shape index (κ3) is 3.01. The Morgan fingerprint density at radius 3 is 2.76 bits per heavy atom. The van der Waals surface area contributed by atoms with Crippen molar-refractivity contribution in [3.05, 3.63) is 35.4 Å². The number of nitrogens with two attached hydrogens (primary N) is 1. The lowest BCUT2D eigenvalue weighted by molar-refractivity contribution is 0.120. The van der Waals surface area contributed by atoms with Crippen LogP contribution < -0.4 is 5.73 Å². The Balaban J connectivity index is 1.73. The van der Waals surface area contributed by atoms with Gasteiger partial charge in [-0.3, -0.25) is 9.80 Å². The molecular weight excluding hydrogens is 258 g/mol. The van der Waals surface area contributed by atoms with E-state index in [1.807, 2.05) is 0 Å². The lowest BCUT2D eigenvalue weighted by Crippen LogP contribution is -2.53. The van der Waals surface area contributed by atoms with Crippen LogP contribution in [-0.4, -0.2) is 47.6 Å². The number of hydrogen-bond acceptors (Lipinski definition) is 3. The van der Waals surface area contributed by atoms with Gasteiger partial charge in [0.2, 0.25) is 0 Å². The highest BCUT2D eigenvalue weighted by atomic mass is 15.3. The van der Waals surface area contributed by atoms with Gasteiger partial charge in [-0.25, -0.2) is 0 Å². The molecule has 1 heterocycles. The molecule has 2 N–H and O–H groups in total. The first-order valence-corrected chi connectivity index (χ1v) is 8.27. The Morgan fingerprint density at radius 1 is 1.38 bits per heavy atom. The minimum Gasteiger partial charge on any atom is -0.329 e. The minimum atomic E-state index is 0.145. The van der Waals surface area contributed by atoms with Crippen LogP contribution in [0.25, 0.3) is 0 Å². The number of hydrogen-bond donors (Lipinski definition) is 1. The predicted octanol–water partition coefficient (Wildman–Crippen LogP) is 2.38. The van der Waals surface area contributed by atoms with Crippen molar-refractivity contribution < 1.29 is 0 Å². The first kappa shape index (κ1) is 15.0. The summed E-state index contributed by atoms with van der Waals surface area (Å²) in [7, 11) is 2.25. The van der Waals surface area contributed by atoms with Gasteiger partial charge in [0.15, 0.2) is 0 Å². The van der Waals surface area contributed by atoms with Gasteiger partial charge >= 0.3 is 0 Å². The van der Waals surface area contributed by atoms with Crippen molar-refractivity contribution in [1.29, 1.82) is 0 Å². The zero-order valence-electron chi connectivity index (χ0n) is 13.7. The molecule has 1 aromatic rings. The molecule has 2 aliphatic rings. The van der Waals surface area contributed by atoms with E-state index in [9.17, 15) is 0 Å². The van der Waals surface area contributed by atoms with E-state index in [0.717, 1.165) is 25.7 Å². The Labute approximate surface area is 129 Å². The molecule has 2 atom stereocenters.